The van der Waals surface area contributed by atoms with Crippen molar-refractivity contribution in [3.63, 3.8) is 0 Å². The molecule has 2 aromatic carbocycles. The van der Waals surface area contributed by atoms with Gasteiger partial charge in [-0.25, -0.2) is 4.39 Å². The van der Waals surface area contributed by atoms with E-state index >= 15 is 0 Å². The summed E-state index contributed by atoms with van der Waals surface area (Å²) in [6.07, 6.45) is 2.03. The number of rotatable bonds is 3. The van der Waals surface area contributed by atoms with E-state index in [1.807, 2.05) is 12.1 Å². The van der Waals surface area contributed by atoms with E-state index in [-0.39, 0.29) is 11.9 Å². The van der Waals surface area contributed by atoms with Crippen LogP contribution >= 0.6 is 15.9 Å². The number of fused-ring (bicyclic) bond motifs is 1. The van der Waals surface area contributed by atoms with Crippen LogP contribution in [0.25, 0.3) is 11.1 Å². The smallest absolute Gasteiger partial charge is 0.298 e. The van der Waals surface area contributed by atoms with Gasteiger partial charge in [0.05, 0.1) is 13.2 Å². The van der Waals surface area contributed by atoms with Crippen LogP contribution in [0.2, 0.25) is 0 Å². The van der Waals surface area contributed by atoms with Crippen LogP contribution < -0.4 is 9.64 Å². The maximum Gasteiger partial charge on any atom is 0.298 e. The lowest BCUT2D eigenvalue weighted by Gasteiger charge is -2.24. The fourth-order valence-corrected chi connectivity index (χ4v) is 3.63. The SMILES string of the molecule is COc1cc(Br)ccc1C1CCCN1c1nc2ccc(F)cc2o1. The summed E-state index contributed by atoms with van der Waals surface area (Å²) in [5.41, 5.74) is 2.24. The van der Waals surface area contributed by atoms with E-state index in [0.29, 0.717) is 17.1 Å². The molecule has 0 radical (unpaired) electrons. The zero-order valence-corrected chi connectivity index (χ0v) is 14.7. The number of methoxy groups -OCH3 is 1. The van der Waals surface area contributed by atoms with Crippen molar-refractivity contribution < 1.29 is 13.5 Å². The zero-order chi connectivity index (χ0) is 16.7. The van der Waals surface area contributed by atoms with Gasteiger partial charge in [0.1, 0.15) is 17.1 Å². The first-order valence-corrected chi connectivity index (χ1v) is 8.61. The molecule has 1 aromatic heterocycles. The van der Waals surface area contributed by atoms with Gasteiger partial charge in [0.25, 0.3) is 6.01 Å². The summed E-state index contributed by atoms with van der Waals surface area (Å²) in [5, 5.41) is 0. The standard InChI is InChI=1S/C18H16BrFN2O2/c1-23-16-9-11(19)4-6-13(16)15-3-2-8-22(15)18-21-14-7-5-12(20)10-17(14)24-18/h4-7,9-10,15H,2-3,8H2,1H3. The zero-order valence-electron chi connectivity index (χ0n) is 13.1. The Labute approximate surface area is 147 Å². The molecule has 1 fully saturated rings. The minimum atomic E-state index is -0.322. The first-order valence-electron chi connectivity index (χ1n) is 7.82. The highest BCUT2D eigenvalue weighted by molar-refractivity contribution is 9.10. The molecular formula is C18H16BrFN2O2. The molecule has 0 amide bonds. The Morgan fingerprint density at radius 1 is 1.29 bits per heavy atom. The molecule has 124 valence electrons. The van der Waals surface area contributed by atoms with Crippen molar-refractivity contribution in [3.05, 3.63) is 52.3 Å². The summed E-state index contributed by atoms with van der Waals surface area (Å²) in [6.45, 7) is 0.846. The van der Waals surface area contributed by atoms with Crippen LogP contribution in [0.5, 0.6) is 5.75 Å². The van der Waals surface area contributed by atoms with E-state index in [2.05, 4.69) is 31.9 Å². The average molecular weight is 391 g/mol. The minimum absolute atomic E-state index is 0.131. The summed E-state index contributed by atoms with van der Waals surface area (Å²) in [6, 6.07) is 11.1. The predicted molar refractivity (Wildman–Crippen MR) is 94.0 cm³/mol. The van der Waals surface area contributed by atoms with Crippen molar-refractivity contribution in [2.75, 3.05) is 18.6 Å². The summed E-state index contributed by atoms with van der Waals surface area (Å²) in [7, 11) is 1.67. The van der Waals surface area contributed by atoms with E-state index in [4.69, 9.17) is 9.15 Å². The van der Waals surface area contributed by atoms with Gasteiger partial charge >= 0.3 is 0 Å². The van der Waals surface area contributed by atoms with Gasteiger partial charge in [-0.2, -0.15) is 4.98 Å². The van der Waals surface area contributed by atoms with E-state index in [9.17, 15) is 4.39 Å². The molecule has 0 N–H and O–H groups in total. The lowest BCUT2D eigenvalue weighted by molar-refractivity contribution is 0.404. The second-order valence-electron chi connectivity index (χ2n) is 5.85. The number of ether oxygens (including phenoxy) is 1. The molecule has 4 nitrogen and oxygen atoms in total. The molecule has 0 saturated carbocycles. The van der Waals surface area contributed by atoms with Crippen LogP contribution in [0.15, 0.2) is 45.3 Å². The fraction of sp³-hybridized carbons (Fsp3) is 0.278. The van der Waals surface area contributed by atoms with Gasteiger partial charge in [0.15, 0.2) is 5.58 Å². The van der Waals surface area contributed by atoms with Gasteiger partial charge in [0, 0.05) is 22.6 Å². The highest BCUT2D eigenvalue weighted by atomic mass is 79.9. The quantitative estimate of drug-likeness (QED) is 0.624. The molecule has 1 atom stereocenters. The van der Waals surface area contributed by atoms with Crippen LogP contribution in [-0.2, 0) is 0 Å². The Morgan fingerprint density at radius 3 is 3.00 bits per heavy atom. The molecule has 0 aliphatic carbocycles. The highest BCUT2D eigenvalue weighted by Crippen LogP contribution is 2.41. The van der Waals surface area contributed by atoms with Crippen molar-refractivity contribution >= 4 is 33.0 Å². The predicted octanol–water partition coefficient (Wildman–Crippen LogP) is 5.08. The third kappa shape index (κ3) is 2.65. The molecule has 1 aliphatic heterocycles. The Kier molecular flexibility index (Phi) is 3.92. The maximum absolute atomic E-state index is 13.4. The van der Waals surface area contributed by atoms with E-state index < -0.39 is 0 Å². The molecule has 6 heteroatoms. The van der Waals surface area contributed by atoms with Gasteiger partial charge in [-0.05, 0) is 37.1 Å². The monoisotopic (exact) mass is 390 g/mol. The van der Waals surface area contributed by atoms with E-state index in [1.165, 1.54) is 12.1 Å². The number of benzene rings is 2. The van der Waals surface area contributed by atoms with Crippen molar-refractivity contribution in [1.29, 1.82) is 0 Å². The number of halogens is 2. The normalized spacial score (nSPS) is 17.6. The molecule has 24 heavy (non-hydrogen) atoms. The van der Waals surface area contributed by atoms with Gasteiger partial charge in [-0.15, -0.1) is 0 Å². The maximum atomic E-state index is 13.4. The minimum Gasteiger partial charge on any atom is -0.496 e. The van der Waals surface area contributed by atoms with Gasteiger partial charge < -0.3 is 14.1 Å². The number of nitrogens with zero attached hydrogens (tertiary/aromatic N) is 2. The average Bonchev–Trinajstić information content (AvgIpc) is 3.20. The number of hydrogen-bond donors (Lipinski definition) is 0. The summed E-state index contributed by atoms with van der Waals surface area (Å²) >= 11 is 3.48. The molecule has 2 heterocycles. The Balaban J connectivity index is 1.74. The van der Waals surface area contributed by atoms with E-state index in [0.717, 1.165) is 35.2 Å². The first-order chi connectivity index (χ1) is 11.7. The number of aromatic nitrogens is 1. The molecule has 0 bridgehead atoms. The Bertz CT molecular complexity index is 896. The highest BCUT2D eigenvalue weighted by Gasteiger charge is 2.31. The van der Waals surface area contributed by atoms with Crippen molar-refractivity contribution in [2.24, 2.45) is 0 Å². The fourth-order valence-electron chi connectivity index (χ4n) is 3.29. The van der Waals surface area contributed by atoms with Crippen molar-refractivity contribution in [1.82, 2.24) is 4.98 Å². The third-order valence-electron chi connectivity index (χ3n) is 4.39. The number of anilines is 1. The van der Waals surface area contributed by atoms with Crippen LogP contribution in [0.3, 0.4) is 0 Å². The molecule has 3 aromatic rings. The Hall–Kier alpha value is -2.08. The summed E-state index contributed by atoms with van der Waals surface area (Å²) < 4.78 is 25.7. The lowest BCUT2D eigenvalue weighted by atomic mass is 10.0. The largest absolute Gasteiger partial charge is 0.496 e. The van der Waals surface area contributed by atoms with Crippen molar-refractivity contribution in [2.45, 2.75) is 18.9 Å². The Morgan fingerprint density at radius 2 is 2.17 bits per heavy atom. The molecular weight excluding hydrogens is 375 g/mol. The number of oxazole rings is 1. The third-order valence-corrected chi connectivity index (χ3v) is 4.89. The lowest BCUT2D eigenvalue weighted by Crippen LogP contribution is -2.23. The second kappa shape index (κ2) is 6.09. The van der Waals surface area contributed by atoms with Gasteiger partial charge in [-0.1, -0.05) is 22.0 Å². The molecule has 0 spiro atoms. The molecule has 1 aliphatic rings. The summed E-state index contributed by atoms with van der Waals surface area (Å²) in [5.74, 6) is 0.515. The van der Waals surface area contributed by atoms with Gasteiger partial charge in [-0.3, -0.25) is 0 Å². The second-order valence-corrected chi connectivity index (χ2v) is 6.76. The van der Waals surface area contributed by atoms with E-state index in [1.54, 1.807) is 13.2 Å². The molecule has 1 saturated heterocycles. The first kappa shape index (κ1) is 15.4. The number of hydrogen-bond acceptors (Lipinski definition) is 4. The van der Waals surface area contributed by atoms with Crippen LogP contribution in [0, 0.1) is 5.82 Å². The van der Waals surface area contributed by atoms with Crippen LogP contribution in [-0.4, -0.2) is 18.6 Å². The summed E-state index contributed by atoms with van der Waals surface area (Å²) in [4.78, 5) is 6.66. The van der Waals surface area contributed by atoms with Crippen LogP contribution in [0.4, 0.5) is 10.4 Å². The van der Waals surface area contributed by atoms with Crippen molar-refractivity contribution in [3.8, 4) is 5.75 Å². The molecule has 4 rings (SSSR count). The topological polar surface area (TPSA) is 38.5 Å². The van der Waals surface area contributed by atoms with Crippen LogP contribution in [0.1, 0.15) is 24.4 Å². The molecule has 1 unspecified atom stereocenters. The van der Waals surface area contributed by atoms with Gasteiger partial charge in [0.2, 0.25) is 0 Å².